The predicted molar refractivity (Wildman–Crippen MR) is 72.3 cm³/mol. The summed E-state index contributed by atoms with van der Waals surface area (Å²) >= 11 is 0. The molecule has 94 valence electrons. The predicted octanol–water partition coefficient (Wildman–Crippen LogP) is 1.92. The fourth-order valence-corrected chi connectivity index (χ4v) is 2.38. The molecule has 2 aromatic rings. The molecular formula is C14H18N4. The van der Waals surface area contributed by atoms with Gasteiger partial charge in [-0.1, -0.05) is 12.1 Å². The highest BCUT2D eigenvalue weighted by atomic mass is 15.2. The van der Waals surface area contributed by atoms with E-state index in [0.717, 1.165) is 25.5 Å². The molecule has 2 heterocycles. The minimum absolute atomic E-state index is 0.0966. The second-order valence-electron chi connectivity index (χ2n) is 4.84. The lowest BCUT2D eigenvalue weighted by molar-refractivity contribution is 0.560. The summed E-state index contributed by atoms with van der Waals surface area (Å²) in [6.07, 6.45) is 3.92. The zero-order valence-electron chi connectivity index (χ0n) is 10.6. The summed E-state index contributed by atoms with van der Waals surface area (Å²) in [5.41, 5.74) is 8.29. The van der Waals surface area contributed by atoms with Crippen LogP contribution >= 0.6 is 0 Å². The Balaban J connectivity index is 1.80. The summed E-state index contributed by atoms with van der Waals surface area (Å²) in [4.78, 5) is 6.73. The molecule has 0 amide bonds. The molecule has 1 atom stereocenters. The molecule has 1 aromatic carbocycles. The van der Waals surface area contributed by atoms with E-state index < -0.39 is 0 Å². The van der Waals surface area contributed by atoms with Crippen LogP contribution in [0.25, 0.3) is 0 Å². The molecule has 1 aliphatic rings. The van der Waals surface area contributed by atoms with Crippen LogP contribution in [0, 0.1) is 0 Å². The molecule has 3 rings (SSSR count). The average molecular weight is 242 g/mol. The van der Waals surface area contributed by atoms with Crippen molar-refractivity contribution in [3.8, 4) is 0 Å². The van der Waals surface area contributed by atoms with E-state index in [2.05, 4.69) is 38.7 Å². The van der Waals surface area contributed by atoms with Gasteiger partial charge in [-0.25, -0.2) is 4.98 Å². The molecule has 18 heavy (non-hydrogen) atoms. The molecule has 0 saturated heterocycles. The number of rotatable bonds is 2. The summed E-state index contributed by atoms with van der Waals surface area (Å²) in [5, 5.41) is 0. The van der Waals surface area contributed by atoms with Gasteiger partial charge in [0.1, 0.15) is 5.82 Å². The maximum atomic E-state index is 5.86. The summed E-state index contributed by atoms with van der Waals surface area (Å²) in [6.45, 7) is 4.92. The van der Waals surface area contributed by atoms with E-state index in [-0.39, 0.29) is 6.04 Å². The molecule has 1 aromatic heterocycles. The quantitative estimate of drug-likeness (QED) is 0.875. The second-order valence-corrected chi connectivity index (χ2v) is 4.84. The third kappa shape index (κ3) is 1.99. The summed E-state index contributed by atoms with van der Waals surface area (Å²) in [7, 11) is 0. The molecule has 0 radical (unpaired) electrons. The molecule has 0 bridgehead atoms. The van der Waals surface area contributed by atoms with E-state index in [1.807, 2.05) is 19.3 Å². The molecule has 0 saturated carbocycles. The zero-order chi connectivity index (χ0) is 12.5. The molecule has 1 aliphatic heterocycles. The van der Waals surface area contributed by atoms with Crippen molar-refractivity contribution in [1.82, 2.24) is 9.55 Å². The van der Waals surface area contributed by atoms with Crippen LogP contribution in [0.5, 0.6) is 0 Å². The van der Waals surface area contributed by atoms with E-state index in [1.165, 1.54) is 11.3 Å². The summed E-state index contributed by atoms with van der Waals surface area (Å²) in [6, 6.07) is 8.62. The first kappa shape index (κ1) is 11.3. The maximum Gasteiger partial charge on any atom is 0.128 e. The second kappa shape index (κ2) is 4.46. The van der Waals surface area contributed by atoms with Crippen molar-refractivity contribution in [1.29, 1.82) is 0 Å². The van der Waals surface area contributed by atoms with Gasteiger partial charge >= 0.3 is 0 Å². The number of hydrogen-bond acceptors (Lipinski definition) is 3. The molecule has 0 spiro atoms. The van der Waals surface area contributed by atoms with Gasteiger partial charge in [0, 0.05) is 37.2 Å². The highest BCUT2D eigenvalue weighted by Crippen LogP contribution is 2.22. The van der Waals surface area contributed by atoms with Crippen LogP contribution in [0.3, 0.4) is 0 Å². The molecule has 0 fully saturated rings. The minimum Gasteiger partial charge on any atom is -0.362 e. The average Bonchev–Trinajstić information content (AvgIpc) is 2.86. The zero-order valence-corrected chi connectivity index (χ0v) is 10.6. The largest absolute Gasteiger partial charge is 0.362 e. The van der Waals surface area contributed by atoms with E-state index >= 15 is 0 Å². The maximum absolute atomic E-state index is 5.86. The number of anilines is 1. The van der Waals surface area contributed by atoms with Crippen molar-refractivity contribution in [2.75, 3.05) is 11.4 Å². The first-order valence-corrected chi connectivity index (χ1v) is 6.34. The van der Waals surface area contributed by atoms with Crippen molar-refractivity contribution in [2.24, 2.45) is 5.73 Å². The Labute approximate surface area is 107 Å². The molecule has 0 aliphatic carbocycles. The lowest BCUT2D eigenvalue weighted by Crippen LogP contribution is -2.33. The van der Waals surface area contributed by atoms with Crippen molar-refractivity contribution in [3.05, 3.63) is 48.0 Å². The van der Waals surface area contributed by atoms with Crippen LogP contribution in [-0.4, -0.2) is 16.1 Å². The van der Waals surface area contributed by atoms with E-state index in [9.17, 15) is 0 Å². The summed E-state index contributed by atoms with van der Waals surface area (Å²) < 4.78 is 2.22. The van der Waals surface area contributed by atoms with Crippen LogP contribution in [0.4, 0.5) is 5.69 Å². The van der Waals surface area contributed by atoms with Crippen LogP contribution in [0.2, 0.25) is 0 Å². The lowest BCUT2D eigenvalue weighted by Gasteiger charge is -2.29. The minimum atomic E-state index is 0.0966. The third-order valence-electron chi connectivity index (χ3n) is 3.53. The van der Waals surface area contributed by atoms with Crippen molar-refractivity contribution in [3.63, 3.8) is 0 Å². The molecule has 2 N–H and O–H groups in total. The van der Waals surface area contributed by atoms with Gasteiger partial charge in [-0.15, -0.1) is 0 Å². The standard InChI is InChI=1S/C14H18N4/c1-11(15)12-2-4-13(5-3-12)18-9-8-17-7-6-16-14(17)10-18/h2-7,11H,8-10,15H2,1H3/t11-/m0/s1. The van der Waals surface area contributed by atoms with Gasteiger partial charge in [0.15, 0.2) is 0 Å². The van der Waals surface area contributed by atoms with Gasteiger partial charge in [-0.3, -0.25) is 0 Å². The number of imidazole rings is 1. The van der Waals surface area contributed by atoms with E-state index in [0.29, 0.717) is 0 Å². The van der Waals surface area contributed by atoms with Gasteiger partial charge in [0.25, 0.3) is 0 Å². The van der Waals surface area contributed by atoms with Crippen molar-refractivity contribution in [2.45, 2.75) is 26.1 Å². The SMILES string of the molecule is C[C@H](N)c1ccc(N2CCn3ccnc3C2)cc1. The number of aromatic nitrogens is 2. The molecular weight excluding hydrogens is 224 g/mol. The van der Waals surface area contributed by atoms with Gasteiger partial charge in [-0.2, -0.15) is 0 Å². The molecule has 4 nitrogen and oxygen atoms in total. The Morgan fingerprint density at radius 2 is 2.00 bits per heavy atom. The topological polar surface area (TPSA) is 47.1 Å². The highest BCUT2D eigenvalue weighted by molar-refractivity contribution is 5.48. The Morgan fingerprint density at radius 1 is 1.22 bits per heavy atom. The number of nitrogens with two attached hydrogens (primary N) is 1. The van der Waals surface area contributed by atoms with Crippen molar-refractivity contribution < 1.29 is 0 Å². The summed E-state index contributed by atoms with van der Waals surface area (Å²) in [5.74, 6) is 1.14. The number of benzene rings is 1. The normalized spacial score (nSPS) is 16.4. The van der Waals surface area contributed by atoms with Crippen LogP contribution < -0.4 is 10.6 Å². The first-order valence-electron chi connectivity index (χ1n) is 6.34. The molecule has 0 unspecified atom stereocenters. The molecule has 4 heteroatoms. The number of hydrogen-bond donors (Lipinski definition) is 1. The van der Waals surface area contributed by atoms with Gasteiger partial charge in [0.2, 0.25) is 0 Å². The van der Waals surface area contributed by atoms with Gasteiger partial charge in [0.05, 0.1) is 6.54 Å². The smallest absolute Gasteiger partial charge is 0.128 e. The van der Waals surface area contributed by atoms with E-state index in [4.69, 9.17) is 5.73 Å². The number of nitrogens with zero attached hydrogens (tertiary/aromatic N) is 3. The first-order chi connectivity index (χ1) is 8.74. The Hall–Kier alpha value is -1.81. The van der Waals surface area contributed by atoms with E-state index in [1.54, 1.807) is 0 Å². The van der Waals surface area contributed by atoms with Gasteiger partial charge < -0.3 is 15.2 Å². The Morgan fingerprint density at radius 3 is 2.72 bits per heavy atom. The van der Waals surface area contributed by atoms with Crippen LogP contribution in [0.1, 0.15) is 24.4 Å². The van der Waals surface area contributed by atoms with Gasteiger partial charge in [-0.05, 0) is 24.6 Å². The number of fused-ring (bicyclic) bond motifs is 1. The third-order valence-corrected chi connectivity index (χ3v) is 3.53. The van der Waals surface area contributed by atoms with Crippen LogP contribution in [0.15, 0.2) is 36.7 Å². The Kier molecular flexibility index (Phi) is 2.80. The Bertz CT molecular complexity index is 527. The lowest BCUT2D eigenvalue weighted by atomic mass is 10.1. The van der Waals surface area contributed by atoms with Crippen LogP contribution in [-0.2, 0) is 13.1 Å². The fourth-order valence-electron chi connectivity index (χ4n) is 2.38. The van der Waals surface area contributed by atoms with Crippen molar-refractivity contribution >= 4 is 5.69 Å². The monoisotopic (exact) mass is 242 g/mol. The fraction of sp³-hybridized carbons (Fsp3) is 0.357. The highest BCUT2D eigenvalue weighted by Gasteiger charge is 2.16.